The predicted octanol–water partition coefficient (Wildman–Crippen LogP) is 4.13. The molecule has 0 spiro atoms. The van der Waals surface area contributed by atoms with Gasteiger partial charge in [-0.1, -0.05) is 48.5 Å². The van der Waals surface area contributed by atoms with Crippen molar-refractivity contribution in [2.24, 2.45) is 10.2 Å². The normalized spacial score (nSPS) is 12.5. The standard InChI is InChI=1S/C18H12N2O/c1-3-9-16-14(7-1)15-8-2-4-10-17(15)18(16)20-19-12-13-6-5-11-21-13/h1-12H/b19-12+. The lowest BCUT2D eigenvalue weighted by atomic mass is 10.1. The van der Waals surface area contributed by atoms with Gasteiger partial charge in [-0.3, -0.25) is 0 Å². The lowest BCUT2D eigenvalue weighted by Gasteiger charge is -1.97. The molecule has 3 aromatic rings. The first kappa shape index (κ1) is 11.9. The van der Waals surface area contributed by atoms with Crippen LogP contribution in [0.15, 0.2) is 81.5 Å². The largest absolute Gasteiger partial charge is 0.463 e. The Morgan fingerprint density at radius 2 is 1.33 bits per heavy atom. The van der Waals surface area contributed by atoms with E-state index in [2.05, 4.69) is 34.5 Å². The summed E-state index contributed by atoms with van der Waals surface area (Å²) in [7, 11) is 0. The fourth-order valence-corrected chi connectivity index (χ4v) is 2.61. The molecule has 0 saturated heterocycles. The molecule has 0 fully saturated rings. The van der Waals surface area contributed by atoms with E-state index in [9.17, 15) is 0 Å². The SMILES string of the molecule is C(=N\N=C1c2ccccc2-c2ccccc21)/c1ccco1. The van der Waals surface area contributed by atoms with E-state index in [4.69, 9.17) is 4.42 Å². The number of benzene rings is 2. The van der Waals surface area contributed by atoms with Crippen LogP contribution in [0.5, 0.6) is 0 Å². The van der Waals surface area contributed by atoms with E-state index in [-0.39, 0.29) is 0 Å². The van der Waals surface area contributed by atoms with Crippen molar-refractivity contribution in [3.05, 3.63) is 83.8 Å². The summed E-state index contributed by atoms with van der Waals surface area (Å²) in [6.07, 6.45) is 3.24. The summed E-state index contributed by atoms with van der Waals surface area (Å²) in [5, 5.41) is 8.57. The first-order chi connectivity index (χ1) is 10.4. The van der Waals surface area contributed by atoms with Crippen molar-refractivity contribution < 1.29 is 4.42 Å². The molecule has 1 heterocycles. The number of hydrogen-bond acceptors (Lipinski definition) is 3. The van der Waals surface area contributed by atoms with E-state index >= 15 is 0 Å². The number of furan rings is 1. The summed E-state index contributed by atoms with van der Waals surface area (Å²) in [4.78, 5) is 0. The highest BCUT2D eigenvalue weighted by molar-refractivity contribution is 6.24. The Bertz CT molecular complexity index is 798. The van der Waals surface area contributed by atoms with Gasteiger partial charge in [0.1, 0.15) is 11.5 Å². The third kappa shape index (κ3) is 1.99. The molecule has 2 aromatic carbocycles. The fourth-order valence-electron chi connectivity index (χ4n) is 2.61. The molecule has 3 nitrogen and oxygen atoms in total. The molecular formula is C18H12N2O. The monoisotopic (exact) mass is 272 g/mol. The van der Waals surface area contributed by atoms with Crippen LogP contribution in [0, 0.1) is 0 Å². The molecule has 100 valence electrons. The minimum atomic E-state index is 0.693. The average molecular weight is 272 g/mol. The summed E-state index contributed by atoms with van der Waals surface area (Å²) in [5.41, 5.74) is 5.56. The van der Waals surface area contributed by atoms with Gasteiger partial charge >= 0.3 is 0 Å². The van der Waals surface area contributed by atoms with Crippen LogP contribution in [0.3, 0.4) is 0 Å². The average Bonchev–Trinajstić information content (AvgIpc) is 3.15. The van der Waals surface area contributed by atoms with Crippen molar-refractivity contribution in [1.29, 1.82) is 0 Å². The van der Waals surface area contributed by atoms with E-state index in [1.54, 1.807) is 12.5 Å². The molecule has 3 heteroatoms. The van der Waals surface area contributed by atoms with Gasteiger partial charge in [0.2, 0.25) is 0 Å². The van der Waals surface area contributed by atoms with Crippen LogP contribution < -0.4 is 0 Å². The lowest BCUT2D eigenvalue weighted by Crippen LogP contribution is -1.96. The Kier molecular flexibility index (Phi) is 2.75. The molecule has 1 aliphatic rings. The molecule has 0 amide bonds. The fraction of sp³-hybridized carbons (Fsp3) is 0. The van der Waals surface area contributed by atoms with Gasteiger partial charge < -0.3 is 4.42 Å². The molecule has 0 unspecified atom stereocenters. The van der Waals surface area contributed by atoms with Gasteiger partial charge in [-0.2, -0.15) is 5.10 Å². The molecule has 0 atom stereocenters. The van der Waals surface area contributed by atoms with E-state index in [1.807, 2.05) is 36.4 Å². The van der Waals surface area contributed by atoms with Crippen LogP contribution in [0.25, 0.3) is 11.1 Å². The Hall–Kier alpha value is -2.94. The first-order valence-electron chi connectivity index (χ1n) is 6.77. The van der Waals surface area contributed by atoms with Crippen molar-refractivity contribution in [3.8, 4) is 11.1 Å². The third-order valence-electron chi connectivity index (χ3n) is 3.54. The second-order valence-corrected chi connectivity index (χ2v) is 4.80. The number of rotatable bonds is 2. The van der Waals surface area contributed by atoms with Crippen LogP contribution in [-0.2, 0) is 0 Å². The molecule has 0 aliphatic heterocycles. The van der Waals surface area contributed by atoms with E-state index < -0.39 is 0 Å². The number of hydrogen-bond donors (Lipinski definition) is 0. The summed E-state index contributed by atoms with van der Waals surface area (Å²) >= 11 is 0. The molecule has 21 heavy (non-hydrogen) atoms. The van der Waals surface area contributed by atoms with Gasteiger partial charge in [-0.15, -0.1) is 5.10 Å². The van der Waals surface area contributed by atoms with Crippen LogP contribution >= 0.6 is 0 Å². The minimum Gasteiger partial charge on any atom is -0.463 e. The quantitative estimate of drug-likeness (QED) is 0.399. The second-order valence-electron chi connectivity index (χ2n) is 4.80. The molecule has 1 aromatic heterocycles. The Morgan fingerprint density at radius 1 is 0.714 bits per heavy atom. The van der Waals surface area contributed by atoms with Crippen molar-refractivity contribution in [2.45, 2.75) is 0 Å². The van der Waals surface area contributed by atoms with Gasteiger partial charge in [0.15, 0.2) is 0 Å². The van der Waals surface area contributed by atoms with E-state index in [0.717, 1.165) is 16.8 Å². The maximum atomic E-state index is 5.22. The molecular weight excluding hydrogens is 260 g/mol. The van der Waals surface area contributed by atoms with Crippen LogP contribution in [0.2, 0.25) is 0 Å². The third-order valence-corrected chi connectivity index (χ3v) is 3.54. The Labute approximate surface area is 122 Å². The molecule has 0 radical (unpaired) electrons. The van der Waals surface area contributed by atoms with Gasteiger partial charge in [0.05, 0.1) is 12.5 Å². The topological polar surface area (TPSA) is 37.9 Å². The van der Waals surface area contributed by atoms with Gasteiger partial charge in [-0.25, -0.2) is 0 Å². The van der Waals surface area contributed by atoms with E-state index in [0.29, 0.717) is 5.76 Å². The molecule has 4 rings (SSSR count). The highest BCUT2D eigenvalue weighted by Gasteiger charge is 2.23. The first-order valence-corrected chi connectivity index (χ1v) is 6.77. The summed E-state index contributed by atoms with van der Waals surface area (Å²) in [5.74, 6) is 0.693. The van der Waals surface area contributed by atoms with Gasteiger partial charge in [0.25, 0.3) is 0 Å². The van der Waals surface area contributed by atoms with Crippen molar-refractivity contribution >= 4 is 11.9 Å². The molecule has 0 bridgehead atoms. The van der Waals surface area contributed by atoms with Crippen LogP contribution in [-0.4, -0.2) is 11.9 Å². The zero-order valence-corrected chi connectivity index (χ0v) is 11.2. The zero-order chi connectivity index (χ0) is 14.1. The summed E-state index contributed by atoms with van der Waals surface area (Å²) in [6.45, 7) is 0. The predicted molar refractivity (Wildman–Crippen MR) is 83.8 cm³/mol. The van der Waals surface area contributed by atoms with Crippen molar-refractivity contribution in [2.75, 3.05) is 0 Å². The molecule has 0 N–H and O–H groups in total. The Morgan fingerprint density at radius 3 is 1.90 bits per heavy atom. The Balaban J connectivity index is 1.81. The highest BCUT2D eigenvalue weighted by atomic mass is 16.3. The van der Waals surface area contributed by atoms with Crippen molar-refractivity contribution in [1.82, 2.24) is 0 Å². The maximum Gasteiger partial charge on any atom is 0.146 e. The molecule has 0 saturated carbocycles. The van der Waals surface area contributed by atoms with Crippen LogP contribution in [0.1, 0.15) is 16.9 Å². The summed E-state index contributed by atoms with van der Waals surface area (Å²) in [6, 6.07) is 20.2. The smallest absolute Gasteiger partial charge is 0.146 e. The van der Waals surface area contributed by atoms with E-state index in [1.165, 1.54) is 11.1 Å². The molecule has 1 aliphatic carbocycles. The maximum absolute atomic E-state index is 5.22. The second kappa shape index (κ2) is 4.87. The lowest BCUT2D eigenvalue weighted by molar-refractivity contribution is 0.560. The summed E-state index contributed by atoms with van der Waals surface area (Å²) < 4.78 is 5.22. The number of fused-ring (bicyclic) bond motifs is 3. The van der Waals surface area contributed by atoms with Gasteiger partial charge in [-0.05, 0) is 23.3 Å². The van der Waals surface area contributed by atoms with Crippen LogP contribution in [0.4, 0.5) is 0 Å². The number of nitrogens with zero attached hydrogens (tertiary/aromatic N) is 2. The zero-order valence-electron chi connectivity index (χ0n) is 11.2. The van der Waals surface area contributed by atoms with Crippen molar-refractivity contribution in [3.63, 3.8) is 0 Å². The minimum absolute atomic E-state index is 0.693. The van der Waals surface area contributed by atoms with Gasteiger partial charge in [0, 0.05) is 11.1 Å². The highest BCUT2D eigenvalue weighted by Crippen LogP contribution is 2.36.